The number of nitrogens with zero attached hydrogens (tertiary/aromatic N) is 2. The van der Waals surface area contributed by atoms with E-state index in [4.69, 9.17) is 18.6 Å². The summed E-state index contributed by atoms with van der Waals surface area (Å²) in [5.74, 6) is 2.44. The van der Waals surface area contributed by atoms with Crippen molar-refractivity contribution in [3.63, 3.8) is 0 Å². The van der Waals surface area contributed by atoms with Crippen LogP contribution in [0, 0.1) is 6.10 Å². The van der Waals surface area contributed by atoms with Crippen LogP contribution < -0.4 is 24.7 Å². The highest BCUT2D eigenvalue weighted by Gasteiger charge is 2.67. The lowest BCUT2D eigenvalue weighted by atomic mass is 9.89. The molecular weight excluding hydrogens is 465 g/mol. The van der Waals surface area contributed by atoms with E-state index >= 15 is 8.63 Å². The summed E-state index contributed by atoms with van der Waals surface area (Å²) in [6.07, 6.45) is 7.10. The van der Waals surface area contributed by atoms with Crippen molar-refractivity contribution in [2.45, 2.75) is 0 Å². The molecule has 0 bridgehead atoms. The Morgan fingerprint density at radius 1 is 0.750 bits per heavy atom. The molecule has 0 saturated heterocycles. The third-order valence-corrected chi connectivity index (χ3v) is 6.78. The zero-order valence-corrected chi connectivity index (χ0v) is 19.4. The molecule has 1 aromatic heterocycles. The number of methoxy groups -OCH3 is 2. The van der Waals surface area contributed by atoms with Crippen LogP contribution in [0.15, 0.2) is 88.6 Å². The molecule has 2 aromatic carbocycles. The molecule has 0 spiro atoms. The smallest absolute Gasteiger partial charge is 0.497 e. The molecule has 36 heavy (non-hydrogen) atoms. The Bertz CT molecular complexity index is 1700. The predicted molar refractivity (Wildman–Crippen MR) is 130 cm³/mol. The number of fused-ring (bicyclic) bond motifs is 4. The third-order valence-electron chi connectivity index (χ3n) is 6.78. The fraction of sp³-hybridized carbons (Fsp3) is 0.0741. The van der Waals surface area contributed by atoms with Crippen molar-refractivity contribution in [2.24, 2.45) is 0 Å². The summed E-state index contributed by atoms with van der Waals surface area (Å²) >= 11 is 0. The van der Waals surface area contributed by atoms with Gasteiger partial charge in [0.2, 0.25) is 10.8 Å². The minimum Gasteiger partial charge on any atom is -0.497 e. The quantitative estimate of drug-likeness (QED) is 0.533. The molecule has 0 N–H and O–H groups in total. The largest absolute Gasteiger partial charge is 0.924 e. The topological polar surface area (TPSA) is 46.9 Å². The predicted octanol–water partition coefficient (Wildman–Crippen LogP) is 3.48. The molecule has 5 heterocycles. The fourth-order valence-corrected chi connectivity index (χ4v) is 5.04. The monoisotopic (exact) mass is 484 g/mol. The zero-order chi connectivity index (χ0) is 24.6. The fourth-order valence-electron chi connectivity index (χ4n) is 5.04. The van der Waals surface area contributed by atoms with Crippen molar-refractivity contribution in [1.82, 2.24) is 4.49 Å². The zero-order valence-electron chi connectivity index (χ0n) is 19.4. The van der Waals surface area contributed by atoms with Crippen LogP contribution in [0.2, 0.25) is 0 Å². The number of allylic oxidation sites excluding steroid dienone is 2. The first-order valence-electron chi connectivity index (χ1n) is 11.4. The Hall–Kier alpha value is -4.40. The van der Waals surface area contributed by atoms with E-state index in [0.717, 1.165) is 20.1 Å². The second kappa shape index (κ2) is 7.30. The van der Waals surface area contributed by atoms with Crippen LogP contribution in [0.25, 0.3) is 23.2 Å². The van der Waals surface area contributed by atoms with E-state index in [-0.39, 0.29) is 0 Å². The van der Waals surface area contributed by atoms with Gasteiger partial charge >= 0.3 is 6.97 Å². The number of halogens is 2. The van der Waals surface area contributed by atoms with Gasteiger partial charge in [-0.1, -0.05) is 0 Å². The molecule has 9 heteroatoms. The highest BCUT2D eigenvalue weighted by Crippen LogP contribution is 2.39. The average molecular weight is 484 g/mol. The molecule has 4 aliphatic rings. The molecule has 4 aliphatic heterocycles. The van der Waals surface area contributed by atoms with Gasteiger partial charge in [0.15, 0.2) is 17.1 Å². The number of ether oxygens (including phenoxy) is 3. The molecule has 0 amide bonds. The Labute approximate surface area is 204 Å². The SMILES string of the molecule is COc1ccc(C2=CC3=[N+]4C(=C[C]3O2)C=C2C=c3oc(-c5ccc(OC)cc5)cc3=[N+]2[B-]4(F)F)cc1. The van der Waals surface area contributed by atoms with E-state index in [1.165, 1.54) is 0 Å². The summed E-state index contributed by atoms with van der Waals surface area (Å²) < 4.78 is 56.9. The van der Waals surface area contributed by atoms with Crippen LogP contribution >= 0.6 is 0 Å². The van der Waals surface area contributed by atoms with Crippen molar-refractivity contribution in [1.29, 1.82) is 0 Å². The van der Waals surface area contributed by atoms with Crippen molar-refractivity contribution >= 4 is 24.5 Å². The highest BCUT2D eigenvalue weighted by atomic mass is 19.2. The van der Waals surface area contributed by atoms with E-state index in [2.05, 4.69) is 0 Å². The van der Waals surface area contributed by atoms with Gasteiger partial charge in [0, 0.05) is 23.3 Å². The van der Waals surface area contributed by atoms with Crippen LogP contribution in [-0.4, -0.2) is 31.4 Å². The minimum absolute atomic E-state index is 0.337. The van der Waals surface area contributed by atoms with Crippen molar-refractivity contribution in [3.8, 4) is 22.8 Å². The van der Waals surface area contributed by atoms with E-state index in [1.807, 2.05) is 24.3 Å². The van der Waals surface area contributed by atoms with E-state index in [9.17, 15) is 0 Å². The van der Waals surface area contributed by atoms with Crippen LogP contribution in [0.3, 0.4) is 0 Å². The third kappa shape index (κ3) is 2.89. The summed E-state index contributed by atoms with van der Waals surface area (Å²) in [6, 6.07) is 16.2. The second-order valence-corrected chi connectivity index (χ2v) is 8.79. The Morgan fingerprint density at radius 3 is 2.06 bits per heavy atom. The first kappa shape index (κ1) is 20.9. The molecule has 0 atom stereocenters. The van der Waals surface area contributed by atoms with Gasteiger partial charge in [0.25, 0.3) is 6.10 Å². The summed E-state index contributed by atoms with van der Waals surface area (Å²) in [7, 11) is 3.18. The maximum atomic E-state index is 16.2. The molecular formula is C27H19BF2N2O4+. The van der Waals surface area contributed by atoms with Gasteiger partial charge in [0.1, 0.15) is 23.0 Å². The summed E-state index contributed by atoms with van der Waals surface area (Å²) in [5.41, 5.74) is 3.07. The summed E-state index contributed by atoms with van der Waals surface area (Å²) in [6.45, 7) is -4.21. The Morgan fingerprint density at radius 2 is 1.39 bits per heavy atom. The average Bonchev–Trinajstić information content (AvgIpc) is 3.62. The van der Waals surface area contributed by atoms with Crippen molar-refractivity contribution in [2.75, 3.05) is 14.2 Å². The lowest BCUT2D eigenvalue weighted by Gasteiger charge is -2.21. The minimum atomic E-state index is -4.21. The van der Waals surface area contributed by atoms with Crippen molar-refractivity contribution < 1.29 is 31.7 Å². The van der Waals surface area contributed by atoms with Crippen molar-refractivity contribution in [3.05, 3.63) is 107 Å². The lowest BCUT2D eigenvalue weighted by molar-refractivity contribution is -0.364. The second-order valence-electron chi connectivity index (χ2n) is 8.79. The number of hydrogen-bond donors (Lipinski definition) is 0. The Balaban J connectivity index is 1.33. The molecule has 0 aliphatic carbocycles. The lowest BCUT2D eigenvalue weighted by Crippen LogP contribution is -2.58. The number of benzene rings is 2. The number of hydrogen-bond acceptors (Lipinski definition) is 4. The van der Waals surface area contributed by atoms with Gasteiger partial charge in [0.05, 0.1) is 32.4 Å². The van der Waals surface area contributed by atoms with Crippen LogP contribution in [-0.2, 0) is 4.74 Å². The molecule has 1 radical (unpaired) electrons. The van der Waals surface area contributed by atoms with Crippen LogP contribution in [0.4, 0.5) is 8.63 Å². The molecule has 7 rings (SSSR count). The maximum absolute atomic E-state index is 16.2. The van der Waals surface area contributed by atoms with Gasteiger partial charge < -0.3 is 27.3 Å². The van der Waals surface area contributed by atoms with E-state index in [0.29, 0.717) is 57.0 Å². The standard InChI is InChI=1S/C27H19BF2N2O4/c1-33-20-7-3-16(4-8-20)24-14-22-26(35-24)12-18-11-19-13-27-23(32(19)28(29,30)31(18)22)15-25(36-27)17-5-9-21(34-2)10-6-17/h3-15H,1-2H3/q+1. The summed E-state index contributed by atoms with van der Waals surface area (Å²) in [4.78, 5) is 0. The molecule has 0 fully saturated rings. The molecule has 0 saturated carbocycles. The normalized spacial score (nSPS) is 18.9. The first-order chi connectivity index (χ1) is 17.5. The van der Waals surface area contributed by atoms with Gasteiger partial charge in [-0.15, -0.1) is 0 Å². The molecule has 0 unspecified atom stereocenters. The first-order valence-corrected chi connectivity index (χ1v) is 11.4. The van der Waals surface area contributed by atoms with Crippen LogP contribution in [0.1, 0.15) is 5.56 Å². The van der Waals surface area contributed by atoms with E-state index in [1.54, 1.807) is 68.9 Å². The molecule has 3 aromatic rings. The molecule has 6 nitrogen and oxygen atoms in total. The number of furan rings is 1. The van der Waals surface area contributed by atoms with Gasteiger partial charge in [-0.25, -0.2) is 0 Å². The Kier molecular flexibility index (Phi) is 4.25. The number of rotatable bonds is 4. The van der Waals surface area contributed by atoms with E-state index < -0.39 is 6.97 Å². The van der Waals surface area contributed by atoms with Gasteiger partial charge in [-0.05, 0) is 48.5 Å². The van der Waals surface area contributed by atoms with Gasteiger partial charge in [-0.3, -0.25) is 8.97 Å². The maximum Gasteiger partial charge on any atom is 0.924 e. The summed E-state index contributed by atoms with van der Waals surface area (Å²) in [5, 5.41) is 0.337. The van der Waals surface area contributed by atoms with Crippen LogP contribution in [0.5, 0.6) is 11.5 Å². The molecule has 177 valence electrons. The highest BCUT2D eigenvalue weighted by molar-refractivity contribution is 6.58. The van der Waals surface area contributed by atoms with Gasteiger partial charge in [-0.2, -0.15) is 0 Å².